The lowest BCUT2D eigenvalue weighted by molar-refractivity contribution is -0.173. The van der Waals surface area contributed by atoms with Crippen molar-refractivity contribution in [3.05, 3.63) is 84.4 Å². The van der Waals surface area contributed by atoms with Crippen LogP contribution in [-0.4, -0.2) is 46.3 Å². The maximum Gasteiger partial charge on any atom is 0.115 e. The van der Waals surface area contributed by atoms with E-state index in [0.29, 0.717) is 6.42 Å². The minimum absolute atomic E-state index is 0.256. The number of aliphatic hydroxyl groups is 3. The van der Waals surface area contributed by atoms with Gasteiger partial charge in [0.05, 0.1) is 25.9 Å². The zero-order valence-electron chi connectivity index (χ0n) is 21.0. The first-order valence-corrected chi connectivity index (χ1v) is 13.0. The highest BCUT2D eigenvalue weighted by molar-refractivity contribution is 5.14. The van der Waals surface area contributed by atoms with Crippen molar-refractivity contribution in [1.29, 1.82) is 0 Å². The van der Waals surface area contributed by atoms with Crippen LogP contribution in [0, 0.1) is 0 Å². The third-order valence-corrected chi connectivity index (χ3v) is 6.25. The average Bonchev–Trinajstić information content (AvgIpc) is 2.90. The van der Waals surface area contributed by atoms with Crippen LogP contribution < -0.4 is 0 Å². The molecule has 0 aliphatic carbocycles. The molecule has 0 bridgehead atoms. The van der Waals surface area contributed by atoms with E-state index < -0.39 is 31.0 Å². The van der Waals surface area contributed by atoms with E-state index in [9.17, 15) is 15.3 Å². The molecule has 194 valence electrons. The van der Waals surface area contributed by atoms with E-state index in [2.05, 4.69) is 6.58 Å². The van der Waals surface area contributed by atoms with Crippen molar-refractivity contribution in [2.75, 3.05) is 6.61 Å². The normalized spacial score (nSPS) is 14.8. The van der Waals surface area contributed by atoms with Crippen molar-refractivity contribution >= 4 is 0 Å². The number of hydrogen-bond acceptors (Lipinski definition) is 5. The molecular formula is C30H44O5. The fourth-order valence-electron chi connectivity index (χ4n) is 4.18. The van der Waals surface area contributed by atoms with Gasteiger partial charge in [-0.15, -0.1) is 6.58 Å². The lowest BCUT2D eigenvalue weighted by Crippen LogP contribution is -2.49. The Hall–Kier alpha value is -2.02. The summed E-state index contributed by atoms with van der Waals surface area (Å²) in [5.41, 5.74) is 1.92. The number of aliphatic hydroxyl groups excluding tert-OH is 3. The third kappa shape index (κ3) is 12.0. The molecule has 2 aromatic carbocycles. The first kappa shape index (κ1) is 29.2. The van der Waals surface area contributed by atoms with Gasteiger partial charge in [-0.1, -0.05) is 105 Å². The molecule has 0 radical (unpaired) electrons. The van der Waals surface area contributed by atoms with Gasteiger partial charge in [0.1, 0.15) is 18.3 Å². The van der Waals surface area contributed by atoms with Crippen LogP contribution in [-0.2, 0) is 22.7 Å². The number of allylic oxidation sites excluding steroid dienone is 1. The van der Waals surface area contributed by atoms with E-state index >= 15 is 0 Å². The smallest absolute Gasteiger partial charge is 0.115 e. The van der Waals surface area contributed by atoms with Crippen LogP contribution in [0.5, 0.6) is 0 Å². The summed E-state index contributed by atoms with van der Waals surface area (Å²) in [7, 11) is 0. The molecule has 3 N–H and O–H groups in total. The quantitative estimate of drug-likeness (QED) is 0.169. The van der Waals surface area contributed by atoms with E-state index in [1.807, 2.05) is 66.7 Å². The Bertz CT molecular complexity index is 767. The lowest BCUT2D eigenvalue weighted by atomic mass is 9.97. The standard InChI is InChI=1S/C30H44O5/c1-2-3-4-5-6-7-8-9-16-21-27(32)29(34-23-25-17-12-10-13-18-25)30(28(33)22-31)35-24-26-19-14-11-15-20-26/h2,10-15,17-20,27-33H,1,3-9,16,21-24H2/t27-,28+,29+,30+/m0/s1. The molecular weight excluding hydrogens is 440 g/mol. The molecule has 0 heterocycles. The Morgan fingerprint density at radius 3 is 1.60 bits per heavy atom. The van der Waals surface area contributed by atoms with Crippen LogP contribution in [0.3, 0.4) is 0 Å². The molecule has 2 rings (SSSR count). The van der Waals surface area contributed by atoms with E-state index in [0.717, 1.165) is 36.8 Å². The second-order valence-electron chi connectivity index (χ2n) is 9.18. The molecule has 0 fully saturated rings. The molecule has 0 aliphatic heterocycles. The van der Waals surface area contributed by atoms with Gasteiger partial charge in [-0.25, -0.2) is 0 Å². The Kier molecular flexibility index (Phi) is 15.3. The molecule has 4 atom stereocenters. The van der Waals surface area contributed by atoms with Crippen LogP contribution >= 0.6 is 0 Å². The summed E-state index contributed by atoms with van der Waals surface area (Å²) in [5.74, 6) is 0. The van der Waals surface area contributed by atoms with Crippen molar-refractivity contribution in [2.45, 2.75) is 95.4 Å². The number of rotatable bonds is 20. The molecule has 0 aromatic heterocycles. The molecule has 5 nitrogen and oxygen atoms in total. The molecule has 0 saturated heterocycles. The average molecular weight is 485 g/mol. The second-order valence-corrected chi connectivity index (χ2v) is 9.18. The summed E-state index contributed by atoms with van der Waals surface area (Å²) < 4.78 is 12.2. The van der Waals surface area contributed by atoms with Crippen molar-refractivity contribution < 1.29 is 24.8 Å². The third-order valence-electron chi connectivity index (χ3n) is 6.25. The van der Waals surface area contributed by atoms with Gasteiger partial charge in [0.2, 0.25) is 0 Å². The Morgan fingerprint density at radius 2 is 1.11 bits per heavy atom. The molecule has 35 heavy (non-hydrogen) atoms. The largest absolute Gasteiger partial charge is 0.394 e. The zero-order chi connectivity index (χ0) is 25.1. The predicted octanol–water partition coefficient (Wildman–Crippen LogP) is 5.57. The minimum atomic E-state index is -1.16. The molecule has 0 aliphatic rings. The Balaban J connectivity index is 1.94. The van der Waals surface area contributed by atoms with Gasteiger partial charge in [0, 0.05) is 0 Å². The Morgan fingerprint density at radius 1 is 0.657 bits per heavy atom. The summed E-state index contributed by atoms with van der Waals surface area (Å²) in [6.07, 6.45) is 7.96. The first-order valence-electron chi connectivity index (χ1n) is 13.0. The Labute approximate surface area is 211 Å². The summed E-state index contributed by atoms with van der Waals surface area (Å²) in [6.45, 7) is 3.84. The maximum absolute atomic E-state index is 11.1. The highest BCUT2D eigenvalue weighted by atomic mass is 16.6. The fraction of sp³-hybridized carbons (Fsp3) is 0.533. The molecule has 5 heteroatoms. The monoisotopic (exact) mass is 484 g/mol. The van der Waals surface area contributed by atoms with Gasteiger partial charge in [0.25, 0.3) is 0 Å². The number of ether oxygens (including phenoxy) is 2. The van der Waals surface area contributed by atoms with E-state index in [-0.39, 0.29) is 13.2 Å². The SMILES string of the molecule is C=CCCCCCCCCC[C@H](O)[C@@H](OCc1ccccc1)[C@H](OCc1ccccc1)[C@H](O)CO. The second kappa shape index (κ2) is 18.3. The van der Waals surface area contributed by atoms with Crippen molar-refractivity contribution in [3.63, 3.8) is 0 Å². The zero-order valence-corrected chi connectivity index (χ0v) is 21.0. The fourth-order valence-corrected chi connectivity index (χ4v) is 4.18. The molecule has 0 saturated carbocycles. The molecule has 0 spiro atoms. The van der Waals surface area contributed by atoms with Crippen LogP contribution in [0.2, 0.25) is 0 Å². The molecule has 0 amide bonds. The van der Waals surface area contributed by atoms with Gasteiger partial charge in [-0.3, -0.25) is 0 Å². The molecule has 2 aromatic rings. The summed E-state index contributed by atoms with van der Waals surface area (Å²) in [5, 5.41) is 31.4. The lowest BCUT2D eigenvalue weighted by Gasteiger charge is -2.33. The summed E-state index contributed by atoms with van der Waals surface area (Å²) in [4.78, 5) is 0. The highest BCUT2D eigenvalue weighted by Gasteiger charge is 2.35. The van der Waals surface area contributed by atoms with Gasteiger partial charge in [-0.2, -0.15) is 0 Å². The van der Waals surface area contributed by atoms with E-state index in [1.165, 1.54) is 25.7 Å². The van der Waals surface area contributed by atoms with Crippen molar-refractivity contribution in [1.82, 2.24) is 0 Å². The van der Waals surface area contributed by atoms with Gasteiger partial charge < -0.3 is 24.8 Å². The van der Waals surface area contributed by atoms with Gasteiger partial charge in [0.15, 0.2) is 0 Å². The van der Waals surface area contributed by atoms with Crippen LogP contribution in [0.25, 0.3) is 0 Å². The van der Waals surface area contributed by atoms with Crippen molar-refractivity contribution in [2.24, 2.45) is 0 Å². The van der Waals surface area contributed by atoms with Gasteiger partial charge >= 0.3 is 0 Å². The summed E-state index contributed by atoms with van der Waals surface area (Å²) in [6, 6.07) is 19.4. The number of benzene rings is 2. The highest BCUT2D eigenvalue weighted by Crippen LogP contribution is 2.21. The van der Waals surface area contributed by atoms with Crippen LogP contribution in [0.1, 0.15) is 68.9 Å². The number of unbranched alkanes of at least 4 members (excludes halogenated alkanes) is 7. The van der Waals surface area contributed by atoms with Crippen LogP contribution in [0.4, 0.5) is 0 Å². The van der Waals surface area contributed by atoms with Crippen LogP contribution in [0.15, 0.2) is 73.3 Å². The summed E-state index contributed by atoms with van der Waals surface area (Å²) >= 11 is 0. The minimum Gasteiger partial charge on any atom is -0.394 e. The predicted molar refractivity (Wildman–Crippen MR) is 141 cm³/mol. The maximum atomic E-state index is 11.1. The van der Waals surface area contributed by atoms with Gasteiger partial charge in [-0.05, 0) is 30.4 Å². The first-order chi connectivity index (χ1) is 17.2. The number of hydrogen-bond donors (Lipinski definition) is 3. The van der Waals surface area contributed by atoms with E-state index in [4.69, 9.17) is 9.47 Å². The molecule has 0 unspecified atom stereocenters. The van der Waals surface area contributed by atoms with Crippen molar-refractivity contribution in [3.8, 4) is 0 Å². The topological polar surface area (TPSA) is 79.2 Å². The van der Waals surface area contributed by atoms with E-state index in [1.54, 1.807) is 0 Å².